The maximum absolute atomic E-state index is 5.84. The first-order valence-corrected chi connectivity index (χ1v) is 10.8. The van der Waals surface area contributed by atoms with E-state index in [0.717, 1.165) is 22.3 Å². The molecular formula is C23H24N8O2. The van der Waals surface area contributed by atoms with Crippen molar-refractivity contribution in [3.63, 3.8) is 0 Å². The first-order chi connectivity index (χ1) is 16.3. The molecule has 4 aromatic rings. The summed E-state index contributed by atoms with van der Waals surface area (Å²) in [6.07, 6.45) is 5.87. The molecule has 0 amide bonds. The summed E-state index contributed by atoms with van der Waals surface area (Å²) < 4.78 is 11.3. The normalized spacial score (nSPS) is 14.1. The number of morpholine rings is 1. The molecular weight excluding hydrogens is 420 g/mol. The molecule has 168 valence electrons. The van der Waals surface area contributed by atoms with Crippen molar-refractivity contribution in [3.8, 4) is 6.01 Å². The zero-order chi connectivity index (χ0) is 22.3. The highest BCUT2D eigenvalue weighted by atomic mass is 16.5. The molecule has 0 aliphatic carbocycles. The van der Waals surface area contributed by atoms with Gasteiger partial charge in [-0.2, -0.15) is 20.1 Å². The number of aromatic nitrogens is 5. The minimum atomic E-state index is 0.260. The van der Waals surface area contributed by atoms with Crippen molar-refractivity contribution < 1.29 is 9.47 Å². The van der Waals surface area contributed by atoms with Gasteiger partial charge in [-0.25, -0.2) is 0 Å². The zero-order valence-electron chi connectivity index (χ0n) is 18.0. The number of aromatic amines is 1. The molecule has 0 saturated carbocycles. The van der Waals surface area contributed by atoms with Crippen LogP contribution in [-0.4, -0.2) is 64.0 Å². The summed E-state index contributed by atoms with van der Waals surface area (Å²) in [5.74, 6) is 0.960. The number of pyridine rings is 1. The Balaban J connectivity index is 1.32. The number of anilines is 2. The van der Waals surface area contributed by atoms with Crippen molar-refractivity contribution in [2.24, 2.45) is 5.10 Å². The summed E-state index contributed by atoms with van der Waals surface area (Å²) in [6.45, 7) is 3.09. The number of nitrogens with one attached hydrogen (secondary N) is 2. The Kier molecular flexibility index (Phi) is 6.34. The third kappa shape index (κ3) is 5.24. The molecule has 3 aromatic heterocycles. The van der Waals surface area contributed by atoms with Crippen molar-refractivity contribution in [2.45, 2.75) is 6.42 Å². The molecule has 0 atom stereocenters. The van der Waals surface area contributed by atoms with Crippen LogP contribution in [0.2, 0.25) is 0 Å². The molecule has 2 N–H and O–H groups in total. The summed E-state index contributed by atoms with van der Waals surface area (Å²) >= 11 is 0. The largest absolute Gasteiger partial charge is 0.463 e. The first kappa shape index (κ1) is 20.8. The highest BCUT2D eigenvalue weighted by Gasteiger charge is 2.17. The predicted octanol–water partition coefficient (Wildman–Crippen LogP) is 2.65. The lowest BCUT2D eigenvalue weighted by Crippen LogP contribution is -2.37. The fraction of sp³-hybridized carbons (Fsp3) is 0.261. The molecule has 0 unspecified atom stereocenters. The van der Waals surface area contributed by atoms with Gasteiger partial charge in [0.2, 0.25) is 5.95 Å². The molecule has 0 spiro atoms. The van der Waals surface area contributed by atoms with E-state index in [2.05, 4.69) is 40.3 Å². The lowest BCUT2D eigenvalue weighted by Gasteiger charge is -2.26. The van der Waals surface area contributed by atoms with E-state index < -0.39 is 0 Å². The van der Waals surface area contributed by atoms with E-state index in [4.69, 9.17) is 9.47 Å². The quantitative estimate of drug-likeness (QED) is 0.315. The maximum Gasteiger partial charge on any atom is 0.321 e. The molecule has 1 saturated heterocycles. The average Bonchev–Trinajstić information content (AvgIpc) is 3.28. The zero-order valence-corrected chi connectivity index (χ0v) is 18.0. The summed E-state index contributed by atoms with van der Waals surface area (Å²) in [5, 5.41) is 5.39. The van der Waals surface area contributed by atoms with E-state index in [-0.39, 0.29) is 6.01 Å². The van der Waals surface area contributed by atoms with Gasteiger partial charge < -0.3 is 19.4 Å². The fourth-order valence-electron chi connectivity index (χ4n) is 3.50. The first-order valence-electron chi connectivity index (χ1n) is 10.8. The minimum Gasteiger partial charge on any atom is -0.463 e. The lowest BCUT2D eigenvalue weighted by atomic mass is 10.2. The number of benzene rings is 1. The SMILES string of the molecule is C(=NNc1c[nH]c2ccccc12)c1nc(OCCc2ccccn2)nc(N2CCOCC2)n1. The van der Waals surface area contributed by atoms with Gasteiger partial charge >= 0.3 is 6.01 Å². The van der Waals surface area contributed by atoms with Gasteiger partial charge in [-0.15, -0.1) is 0 Å². The number of hydrazone groups is 1. The van der Waals surface area contributed by atoms with Gasteiger partial charge in [-0.05, 0) is 18.2 Å². The van der Waals surface area contributed by atoms with Crippen LogP contribution in [0, 0.1) is 0 Å². The molecule has 4 heterocycles. The Morgan fingerprint density at radius 2 is 1.97 bits per heavy atom. The highest BCUT2D eigenvalue weighted by Crippen LogP contribution is 2.22. The molecule has 0 radical (unpaired) electrons. The molecule has 0 bridgehead atoms. The number of H-pyrrole nitrogens is 1. The van der Waals surface area contributed by atoms with Crippen molar-refractivity contribution in [1.29, 1.82) is 0 Å². The standard InChI is InChI=1S/C23H24N8O2/c1-2-7-19-18(6-1)20(15-25-19)30-26-16-21-27-22(31-10-13-32-14-11-31)29-23(28-21)33-12-8-17-5-3-4-9-24-17/h1-7,9,15-16,25,30H,8,10-14H2. The van der Waals surface area contributed by atoms with E-state index in [1.165, 1.54) is 0 Å². The van der Waals surface area contributed by atoms with Crippen LogP contribution in [0.1, 0.15) is 11.5 Å². The fourth-order valence-corrected chi connectivity index (χ4v) is 3.50. The van der Waals surface area contributed by atoms with Crippen molar-refractivity contribution in [2.75, 3.05) is 43.2 Å². The highest BCUT2D eigenvalue weighted by molar-refractivity contribution is 5.92. The Morgan fingerprint density at radius 3 is 2.85 bits per heavy atom. The van der Waals surface area contributed by atoms with E-state index >= 15 is 0 Å². The van der Waals surface area contributed by atoms with E-state index in [1.54, 1.807) is 12.4 Å². The third-order valence-electron chi connectivity index (χ3n) is 5.18. The summed E-state index contributed by atoms with van der Waals surface area (Å²) in [6, 6.07) is 14.1. The van der Waals surface area contributed by atoms with Crippen LogP contribution in [-0.2, 0) is 11.2 Å². The van der Waals surface area contributed by atoms with Crippen LogP contribution in [0.3, 0.4) is 0 Å². The van der Waals surface area contributed by atoms with Crippen molar-refractivity contribution in [3.05, 3.63) is 66.4 Å². The number of hydrogen-bond acceptors (Lipinski definition) is 9. The molecule has 1 fully saturated rings. The van der Waals surface area contributed by atoms with Crippen LogP contribution in [0.15, 0.2) is 60.0 Å². The average molecular weight is 444 g/mol. The van der Waals surface area contributed by atoms with Gasteiger partial charge in [0.15, 0.2) is 5.82 Å². The van der Waals surface area contributed by atoms with Gasteiger partial charge in [0, 0.05) is 48.5 Å². The Morgan fingerprint density at radius 1 is 1.09 bits per heavy atom. The Hall–Kier alpha value is -4.05. The Bertz CT molecular complexity index is 1220. The number of ether oxygens (including phenoxy) is 2. The minimum absolute atomic E-state index is 0.260. The number of hydrogen-bond donors (Lipinski definition) is 2. The van der Waals surface area contributed by atoms with E-state index in [0.29, 0.717) is 51.1 Å². The summed E-state index contributed by atoms with van der Waals surface area (Å²) in [7, 11) is 0. The molecule has 10 heteroatoms. The predicted molar refractivity (Wildman–Crippen MR) is 126 cm³/mol. The van der Waals surface area contributed by atoms with Crippen molar-refractivity contribution >= 4 is 28.8 Å². The number of para-hydroxylation sites is 1. The van der Waals surface area contributed by atoms with Gasteiger partial charge in [0.1, 0.15) is 0 Å². The Labute approximate surface area is 190 Å². The van der Waals surface area contributed by atoms with Crippen LogP contribution in [0.5, 0.6) is 6.01 Å². The second-order valence-corrected chi connectivity index (χ2v) is 7.41. The topological polar surface area (TPSA) is 113 Å². The maximum atomic E-state index is 5.84. The molecule has 1 aliphatic heterocycles. The molecule has 1 aromatic carbocycles. The smallest absolute Gasteiger partial charge is 0.321 e. The second-order valence-electron chi connectivity index (χ2n) is 7.41. The molecule has 5 rings (SSSR count). The second kappa shape index (κ2) is 10.0. The molecule has 33 heavy (non-hydrogen) atoms. The number of nitrogens with zero attached hydrogens (tertiary/aromatic N) is 6. The van der Waals surface area contributed by atoms with Crippen LogP contribution >= 0.6 is 0 Å². The van der Waals surface area contributed by atoms with Crippen molar-refractivity contribution in [1.82, 2.24) is 24.9 Å². The summed E-state index contributed by atoms with van der Waals surface area (Å²) in [4.78, 5) is 23.1. The van der Waals surface area contributed by atoms with Gasteiger partial charge in [0.05, 0.1) is 31.7 Å². The van der Waals surface area contributed by atoms with Gasteiger partial charge in [0.25, 0.3) is 0 Å². The number of rotatable bonds is 8. The van der Waals surface area contributed by atoms with Gasteiger partial charge in [-0.3, -0.25) is 10.4 Å². The van der Waals surface area contributed by atoms with E-state index in [9.17, 15) is 0 Å². The monoisotopic (exact) mass is 444 g/mol. The number of fused-ring (bicyclic) bond motifs is 1. The molecule has 1 aliphatic rings. The lowest BCUT2D eigenvalue weighted by molar-refractivity contribution is 0.122. The van der Waals surface area contributed by atoms with Crippen LogP contribution in [0.4, 0.5) is 11.6 Å². The van der Waals surface area contributed by atoms with Crippen LogP contribution < -0.4 is 15.1 Å². The third-order valence-corrected chi connectivity index (χ3v) is 5.18. The van der Waals surface area contributed by atoms with Gasteiger partial charge in [-0.1, -0.05) is 24.3 Å². The van der Waals surface area contributed by atoms with Crippen LogP contribution in [0.25, 0.3) is 10.9 Å². The molecule has 10 nitrogen and oxygen atoms in total. The van der Waals surface area contributed by atoms with E-state index in [1.807, 2.05) is 48.7 Å². The summed E-state index contributed by atoms with van der Waals surface area (Å²) in [5.41, 5.74) is 5.91.